The van der Waals surface area contributed by atoms with Crippen molar-refractivity contribution in [1.82, 2.24) is 20.3 Å². The van der Waals surface area contributed by atoms with Crippen LogP contribution < -0.4 is 15.4 Å². The highest BCUT2D eigenvalue weighted by atomic mass is 35.5. The highest BCUT2D eigenvalue weighted by Crippen LogP contribution is 2.33. The van der Waals surface area contributed by atoms with Crippen LogP contribution in [-0.2, 0) is 6.54 Å². The Balaban J connectivity index is 1.56. The molecule has 0 saturated heterocycles. The summed E-state index contributed by atoms with van der Waals surface area (Å²) in [5.41, 5.74) is 4.72. The molecule has 0 aliphatic rings. The van der Waals surface area contributed by atoms with Crippen LogP contribution in [0.25, 0.3) is 22.6 Å². The van der Waals surface area contributed by atoms with Crippen LogP contribution in [0.15, 0.2) is 41.8 Å². The number of aromatic nitrogens is 3. The minimum absolute atomic E-state index is 0.432. The largest absolute Gasteiger partial charge is 0.491 e. The first-order chi connectivity index (χ1) is 14.5. The second kappa shape index (κ2) is 9.04. The quantitative estimate of drug-likeness (QED) is 0.320. The molecule has 6 nitrogen and oxygen atoms in total. The zero-order valence-electron chi connectivity index (χ0n) is 17.1. The summed E-state index contributed by atoms with van der Waals surface area (Å²) in [6.07, 6.45) is 0. The smallest absolute Gasteiger partial charge is 0.187 e. The van der Waals surface area contributed by atoms with E-state index in [9.17, 15) is 0 Å². The van der Waals surface area contributed by atoms with Crippen LogP contribution in [0.3, 0.4) is 0 Å². The minimum Gasteiger partial charge on any atom is -0.491 e. The van der Waals surface area contributed by atoms with Gasteiger partial charge in [-0.2, -0.15) is 0 Å². The number of anilines is 2. The fourth-order valence-electron chi connectivity index (χ4n) is 3.03. The lowest BCUT2D eigenvalue weighted by Gasteiger charge is -2.13. The van der Waals surface area contributed by atoms with Crippen molar-refractivity contribution in [2.45, 2.75) is 20.4 Å². The van der Waals surface area contributed by atoms with Gasteiger partial charge in [-0.1, -0.05) is 31.5 Å². The number of rotatable bonds is 8. The lowest BCUT2D eigenvalue weighted by Crippen LogP contribution is -2.06. The minimum atomic E-state index is 0.432. The summed E-state index contributed by atoms with van der Waals surface area (Å²) in [5.74, 6) is 1.94. The van der Waals surface area contributed by atoms with Gasteiger partial charge >= 0.3 is 0 Å². The number of benzene rings is 2. The van der Waals surface area contributed by atoms with Crippen LogP contribution in [-0.4, -0.2) is 28.6 Å². The maximum Gasteiger partial charge on any atom is 0.187 e. The average Bonchev–Trinajstić information content (AvgIpc) is 3.34. The molecule has 0 amide bonds. The first kappa shape index (κ1) is 20.7. The number of nitrogens with one attached hydrogen (secondary N) is 3. The van der Waals surface area contributed by atoms with Gasteiger partial charge in [0.1, 0.15) is 11.4 Å². The van der Waals surface area contributed by atoms with E-state index in [2.05, 4.69) is 46.6 Å². The number of halogens is 1. The summed E-state index contributed by atoms with van der Waals surface area (Å²) < 4.78 is 5.92. The van der Waals surface area contributed by atoms with Crippen LogP contribution in [0.2, 0.25) is 5.02 Å². The number of hydrogen-bond donors (Lipinski definition) is 3. The average molecular weight is 442 g/mol. The summed E-state index contributed by atoms with van der Waals surface area (Å²) in [6, 6.07) is 11.8. The molecule has 2 aromatic carbocycles. The molecule has 0 fully saturated rings. The number of imidazole rings is 1. The number of nitrogens with zero attached hydrogens (tertiary/aromatic N) is 2. The first-order valence-corrected chi connectivity index (χ1v) is 11.1. The monoisotopic (exact) mass is 441 g/mol. The molecular weight excluding hydrogens is 418 g/mol. The highest BCUT2D eigenvalue weighted by molar-refractivity contribution is 7.14. The Morgan fingerprint density at radius 1 is 1.17 bits per heavy atom. The third-order valence-electron chi connectivity index (χ3n) is 4.43. The van der Waals surface area contributed by atoms with Gasteiger partial charge in [-0.3, -0.25) is 0 Å². The van der Waals surface area contributed by atoms with Gasteiger partial charge in [0.15, 0.2) is 11.0 Å². The van der Waals surface area contributed by atoms with E-state index in [1.54, 1.807) is 0 Å². The zero-order chi connectivity index (χ0) is 21.1. The molecule has 4 aromatic rings. The summed E-state index contributed by atoms with van der Waals surface area (Å²) >= 11 is 7.70. The van der Waals surface area contributed by atoms with Crippen molar-refractivity contribution in [2.75, 3.05) is 19.0 Å². The second-order valence-electron chi connectivity index (χ2n) is 7.48. The second-order valence-corrected chi connectivity index (χ2v) is 8.77. The Morgan fingerprint density at radius 3 is 2.83 bits per heavy atom. The van der Waals surface area contributed by atoms with Gasteiger partial charge in [0.2, 0.25) is 0 Å². The molecule has 2 heterocycles. The third-order valence-corrected chi connectivity index (χ3v) is 5.42. The molecule has 0 spiro atoms. The van der Waals surface area contributed by atoms with Crippen LogP contribution in [0.5, 0.6) is 5.75 Å². The molecule has 0 saturated carbocycles. The molecular formula is C22H24ClN5OS. The lowest BCUT2D eigenvalue weighted by atomic mass is 10.2. The van der Waals surface area contributed by atoms with E-state index in [1.165, 1.54) is 16.9 Å². The van der Waals surface area contributed by atoms with Crippen LogP contribution in [0.4, 0.5) is 10.8 Å². The molecule has 30 heavy (non-hydrogen) atoms. The van der Waals surface area contributed by atoms with Crippen LogP contribution >= 0.6 is 22.9 Å². The zero-order valence-corrected chi connectivity index (χ0v) is 18.7. The number of ether oxygens (including phenoxy) is 1. The van der Waals surface area contributed by atoms with Crippen molar-refractivity contribution in [3.8, 4) is 17.3 Å². The van der Waals surface area contributed by atoms with E-state index in [4.69, 9.17) is 21.3 Å². The number of H-pyrrole nitrogens is 1. The van der Waals surface area contributed by atoms with E-state index in [1.807, 2.05) is 36.7 Å². The van der Waals surface area contributed by atoms with Crippen molar-refractivity contribution in [3.63, 3.8) is 0 Å². The lowest BCUT2D eigenvalue weighted by molar-refractivity contribution is 0.272. The Labute approximate surface area is 184 Å². The van der Waals surface area contributed by atoms with Gasteiger partial charge in [-0.05, 0) is 48.9 Å². The summed E-state index contributed by atoms with van der Waals surface area (Å²) in [5, 5.41) is 9.87. The molecule has 0 aliphatic carbocycles. The van der Waals surface area contributed by atoms with Crippen LogP contribution in [0, 0.1) is 5.92 Å². The third kappa shape index (κ3) is 4.75. The molecule has 0 aliphatic heterocycles. The number of thiazole rings is 1. The van der Waals surface area contributed by atoms with Gasteiger partial charge in [-0.15, -0.1) is 11.3 Å². The van der Waals surface area contributed by atoms with Crippen molar-refractivity contribution in [1.29, 1.82) is 0 Å². The maximum atomic E-state index is 6.20. The molecule has 0 atom stereocenters. The molecule has 2 aromatic heterocycles. The SMILES string of the molecule is CNCc1ccc2nc(-c3csc(Nc4cc(Cl)ccc4OCC(C)C)n3)[nH]c2c1. The maximum absolute atomic E-state index is 6.20. The normalized spacial score (nSPS) is 11.4. The van der Waals surface area contributed by atoms with E-state index in [0.717, 1.165) is 45.7 Å². The Morgan fingerprint density at radius 2 is 2.03 bits per heavy atom. The first-order valence-electron chi connectivity index (χ1n) is 9.80. The molecule has 4 rings (SSSR count). The standard InChI is InChI=1S/C22H24ClN5OS/c1-13(2)11-29-20-7-5-15(23)9-18(20)27-22-28-19(12-30-22)21-25-16-6-4-14(10-24-3)8-17(16)26-21/h4-9,12-13,24H,10-11H2,1-3H3,(H,25,26)(H,27,28). The van der Waals surface area contributed by atoms with Gasteiger partial charge in [0.25, 0.3) is 0 Å². The Kier molecular flexibility index (Phi) is 6.22. The Bertz CT molecular complexity index is 1150. The number of fused-ring (bicyclic) bond motifs is 1. The number of hydrogen-bond acceptors (Lipinski definition) is 6. The van der Waals surface area contributed by atoms with E-state index in [-0.39, 0.29) is 0 Å². The molecule has 3 N–H and O–H groups in total. The van der Waals surface area contributed by atoms with Crippen molar-refractivity contribution < 1.29 is 4.74 Å². The fraction of sp³-hybridized carbons (Fsp3) is 0.273. The molecule has 8 heteroatoms. The van der Waals surface area contributed by atoms with E-state index in [0.29, 0.717) is 17.5 Å². The summed E-state index contributed by atoms with van der Waals surface area (Å²) in [4.78, 5) is 12.8. The molecule has 0 unspecified atom stereocenters. The van der Waals surface area contributed by atoms with Crippen molar-refractivity contribution >= 4 is 44.8 Å². The van der Waals surface area contributed by atoms with Crippen LogP contribution in [0.1, 0.15) is 19.4 Å². The van der Waals surface area contributed by atoms with Gasteiger partial charge < -0.3 is 20.4 Å². The predicted molar refractivity (Wildman–Crippen MR) is 125 cm³/mol. The Hall–Kier alpha value is -2.61. The van der Waals surface area contributed by atoms with Gasteiger partial charge in [-0.25, -0.2) is 9.97 Å². The fourth-order valence-corrected chi connectivity index (χ4v) is 3.91. The highest BCUT2D eigenvalue weighted by Gasteiger charge is 2.12. The van der Waals surface area contributed by atoms with Gasteiger partial charge in [0, 0.05) is 16.9 Å². The molecule has 0 bridgehead atoms. The van der Waals surface area contributed by atoms with Gasteiger partial charge in [0.05, 0.1) is 23.3 Å². The summed E-state index contributed by atoms with van der Waals surface area (Å²) in [6.45, 7) is 5.68. The molecule has 0 radical (unpaired) electrons. The predicted octanol–water partition coefficient (Wildman–Crippen LogP) is 5.84. The van der Waals surface area contributed by atoms with Crippen molar-refractivity contribution in [2.24, 2.45) is 5.92 Å². The topological polar surface area (TPSA) is 74.9 Å². The number of aromatic amines is 1. The summed E-state index contributed by atoms with van der Waals surface area (Å²) in [7, 11) is 1.94. The van der Waals surface area contributed by atoms with Crippen molar-refractivity contribution in [3.05, 3.63) is 52.4 Å². The van der Waals surface area contributed by atoms with E-state index < -0.39 is 0 Å². The van der Waals surface area contributed by atoms with E-state index >= 15 is 0 Å². The molecule has 156 valence electrons.